The number of hydrogen-bond donors (Lipinski definition) is 1. The first-order chi connectivity index (χ1) is 21.1. The van der Waals surface area contributed by atoms with E-state index in [0.29, 0.717) is 11.2 Å². The van der Waals surface area contributed by atoms with Gasteiger partial charge in [-0.05, 0) is 94.5 Å². The molecule has 2 fully saturated rings. The molecule has 0 aliphatic carbocycles. The van der Waals surface area contributed by atoms with E-state index < -0.39 is 23.9 Å². The molecule has 2 saturated heterocycles. The van der Waals surface area contributed by atoms with Gasteiger partial charge in [0.1, 0.15) is 28.9 Å². The van der Waals surface area contributed by atoms with Crippen molar-refractivity contribution in [2.75, 3.05) is 38.5 Å². The quantitative estimate of drug-likeness (QED) is 0.267. The third-order valence-corrected chi connectivity index (χ3v) is 9.61. The van der Waals surface area contributed by atoms with Gasteiger partial charge in [0, 0.05) is 24.7 Å². The van der Waals surface area contributed by atoms with E-state index >= 15 is 4.39 Å². The molecule has 232 valence electrons. The van der Waals surface area contributed by atoms with Crippen LogP contribution in [0.25, 0.3) is 22.3 Å². The summed E-state index contributed by atoms with van der Waals surface area (Å²) in [6.07, 6.45) is 3.11. The molecule has 3 aliphatic heterocycles. The van der Waals surface area contributed by atoms with Crippen LogP contribution in [0.1, 0.15) is 49.5 Å². The number of aromatic nitrogens is 5. The predicted molar refractivity (Wildman–Crippen MR) is 155 cm³/mol. The Balaban J connectivity index is 1.06. The van der Waals surface area contributed by atoms with Crippen molar-refractivity contribution < 1.29 is 22.0 Å². The summed E-state index contributed by atoms with van der Waals surface area (Å²) in [4.78, 5) is 21.7. The van der Waals surface area contributed by atoms with Crippen LogP contribution in [0.5, 0.6) is 0 Å². The Kier molecular flexibility index (Phi) is 7.27. The highest BCUT2D eigenvalue weighted by atomic mass is 19.4. The van der Waals surface area contributed by atoms with Gasteiger partial charge in [-0.3, -0.25) is 4.90 Å². The number of nitrogens with zero attached hydrogens (tertiary/aromatic N) is 7. The van der Waals surface area contributed by atoms with Crippen LogP contribution in [0.4, 0.5) is 33.7 Å². The molecule has 0 bridgehead atoms. The molecule has 8 nitrogen and oxygen atoms in total. The maximum atomic E-state index is 15.0. The first-order valence-electron chi connectivity index (χ1n) is 15.0. The summed E-state index contributed by atoms with van der Waals surface area (Å²) in [5.41, 5.74) is 1.08. The molecule has 13 heteroatoms. The number of halogens is 5. The van der Waals surface area contributed by atoms with Crippen molar-refractivity contribution in [3.8, 4) is 11.3 Å². The van der Waals surface area contributed by atoms with Crippen molar-refractivity contribution >= 4 is 22.8 Å². The zero-order valence-electron chi connectivity index (χ0n) is 24.3. The number of nitrogens with one attached hydrogen (secondary N) is 1. The van der Waals surface area contributed by atoms with Crippen molar-refractivity contribution in [3.05, 3.63) is 59.7 Å². The Morgan fingerprint density at radius 1 is 0.932 bits per heavy atom. The first kappa shape index (κ1) is 29.0. The third-order valence-electron chi connectivity index (χ3n) is 9.61. The Bertz CT molecular complexity index is 1670. The van der Waals surface area contributed by atoms with Crippen LogP contribution in [0.2, 0.25) is 0 Å². The molecule has 0 radical (unpaired) electrons. The highest BCUT2D eigenvalue weighted by Crippen LogP contribution is 2.43. The maximum Gasteiger partial charge on any atom is 0.409 e. The minimum atomic E-state index is -4.52. The Labute approximate surface area is 251 Å². The molecule has 0 unspecified atom stereocenters. The molecule has 6 heterocycles. The van der Waals surface area contributed by atoms with Gasteiger partial charge in [-0.15, -0.1) is 0 Å². The normalized spacial score (nSPS) is 20.8. The number of benzene rings is 1. The highest BCUT2D eigenvalue weighted by molar-refractivity contribution is 5.83. The van der Waals surface area contributed by atoms with Crippen molar-refractivity contribution in [1.29, 1.82) is 0 Å². The molecule has 3 aromatic heterocycles. The number of pyridine rings is 1. The summed E-state index contributed by atoms with van der Waals surface area (Å²) in [7, 11) is 2.19. The molecule has 0 saturated carbocycles. The van der Waals surface area contributed by atoms with Gasteiger partial charge in [0.2, 0.25) is 5.95 Å². The van der Waals surface area contributed by atoms with Gasteiger partial charge in [-0.2, -0.15) is 13.2 Å². The van der Waals surface area contributed by atoms with Crippen molar-refractivity contribution in [1.82, 2.24) is 34.3 Å². The predicted octanol–water partition coefficient (Wildman–Crippen LogP) is 6.27. The second-order valence-electron chi connectivity index (χ2n) is 12.5. The fourth-order valence-corrected chi connectivity index (χ4v) is 6.94. The average molecular weight is 613 g/mol. The fourth-order valence-electron chi connectivity index (χ4n) is 6.94. The lowest BCUT2D eigenvalue weighted by Crippen LogP contribution is -2.45. The van der Waals surface area contributed by atoms with Gasteiger partial charge in [0.15, 0.2) is 11.6 Å². The monoisotopic (exact) mass is 612 g/mol. The van der Waals surface area contributed by atoms with Gasteiger partial charge < -0.3 is 14.8 Å². The van der Waals surface area contributed by atoms with Gasteiger partial charge in [0.25, 0.3) is 0 Å². The number of alkyl halides is 3. The Hall–Kier alpha value is -3.71. The summed E-state index contributed by atoms with van der Waals surface area (Å²) in [5.74, 6) is -1.07. The fraction of sp³-hybridized carbons (Fsp3) is 0.484. The minimum absolute atomic E-state index is 0.0136. The van der Waals surface area contributed by atoms with Crippen molar-refractivity contribution in [3.63, 3.8) is 0 Å². The van der Waals surface area contributed by atoms with E-state index in [2.05, 4.69) is 42.1 Å². The van der Waals surface area contributed by atoms with E-state index in [0.717, 1.165) is 42.0 Å². The Morgan fingerprint density at radius 2 is 1.68 bits per heavy atom. The molecule has 4 aromatic rings. The second-order valence-corrected chi connectivity index (χ2v) is 12.5. The minimum Gasteiger partial charge on any atom is -0.316 e. The van der Waals surface area contributed by atoms with Crippen LogP contribution in [0, 0.1) is 17.0 Å². The number of piperidine rings is 2. The summed E-state index contributed by atoms with van der Waals surface area (Å²) >= 11 is 0. The summed E-state index contributed by atoms with van der Waals surface area (Å²) in [5, 5.41) is 2.95. The molecule has 1 N–H and O–H groups in total. The number of fused-ring (bicyclic) bond motifs is 3. The van der Waals surface area contributed by atoms with E-state index in [1.165, 1.54) is 44.8 Å². The Morgan fingerprint density at radius 3 is 2.39 bits per heavy atom. The third kappa shape index (κ3) is 5.51. The van der Waals surface area contributed by atoms with E-state index in [4.69, 9.17) is 0 Å². The zero-order valence-corrected chi connectivity index (χ0v) is 24.3. The smallest absolute Gasteiger partial charge is 0.316 e. The summed E-state index contributed by atoms with van der Waals surface area (Å²) in [6.45, 7) is 5.31. The van der Waals surface area contributed by atoms with E-state index in [9.17, 15) is 17.6 Å². The van der Waals surface area contributed by atoms with Gasteiger partial charge in [-0.25, -0.2) is 28.7 Å². The van der Waals surface area contributed by atoms with E-state index in [1.54, 1.807) is 12.3 Å². The largest absolute Gasteiger partial charge is 0.409 e. The van der Waals surface area contributed by atoms with Crippen LogP contribution in [-0.2, 0) is 13.0 Å². The number of likely N-dealkylation sites (tertiary alicyclic amines) is 2. The van der Waals surface area contributed by atoms with Crippen LogP contribution in [0.15, 0.2) is 36.7 Å². The average Bonchev–Trinajstić information content (AvgIpc) is 3.59. The number of rotatable bonds is 5. The second kappa shape index (κ2) is 11.0. The standard InChI is InChI=1S/C31H33F5N8/c1-42-10-6-30(7-11-42)8-12-43(13-9-30)18-19-2-4-25(37-16-19)39-29-38-17-22(33)27(41-29)20-14-21(32)28-23(15-20)44-24(31(34,35)36)3-5-26(44)40-28/h2,4,14-17,24H,3,5-13,18H2,1H3,(H,37,38,39,41)/t24-/m0/s1. The van der Waals surface area contributed by atoms with E-state index in [1.807, 2.05) is 6.07 Å². The zero-order chi connectivity index (χ0) is 30.6. The lowest BCUT2D eigenvalue weighted by Gasteiger charge is -2.46. The van der Waals surface area contributed by atoms with Gasteiger partial charge >= 0.3 is 6.18 Å². The van der Waals surface area contributed by atoms with Gasteiger partial charge in [-0.1, -0.05) is 6.07 Å². The summed E-state index contributed by atoms with van der Waals surface area (Å²) in [6, 6.07) is 4.29. The molecule has 1 atom stereocenters. The lowest BCUT2D eigenvalue weighted by molar-refractivity contribution is -0.164. The first-order valence-corrected chi connectivity index (χ1v) is 15.0. The molecular weight excluding hydrogens is 579 g/mol. The van der Waals surface area contributed by atoms with E-state index in [-0.39, 0.29) is 46.9 Å². The van der Waals surface area contributed by atoms with Gasteiger partial charge in [0.05, 0.1) is 11.7 Å². The topological polar surface area (TPSA) is 75.0 Å². The molecule has 0 amide bonds. The number of anilines is 2. The SMILES string of the molecule is CN1CCC2(CC1)CCN(Cc1ccc(Nc3ncc(F)c(-c4cc(F)c5nc6n(c5c4)[C@H](C(F)(F)F)CC6)n3)nc1)CC2. The molecule has 44 heavy (non-hydrogen) atoms. The molecule has 7 rings (SSSR count). The van der Waals surface area contributed by atoms with Crippen LogP contribution >= 0.6 is 0 Å². The maximum absolute atomic E-state index is 15.0. The molecule has 1 spiro atoms. The lowest BCUT2D eigenvalue weighted by atomic mass is 9.71. The number of imidazole rings is 1. The summed E-state index contributed by atoms with van der Waals surface area (Å²) < 4.78 is 72.0. The molecule has 1 aromatic carbocycles. The van der Waals surface area contributed by atoms with Crippen LogP contribution in [0.3, 0.4) is 0 Å². The van der Waals surface area contributed by atoms with Crippen molar-refractivity contribution in [2.45, 2.75) is 57.3 Å². The van der Waals surface area contributed by atoms with Crippen LogP contribution < -0.4 is 5.32 Å². The molecule has 3 aliphatic rings. The highest BCUT2D eigenvalue weighted by Gasteiger charge is 2.46. The molecular formula is C31H33F5N8. The number of aryl methyl sites for hydroxylation is 1. The number of hydrogen-bond acceptors (Lipinski definition) is 7. The van der Waals surface area contributed by atoms with Crippen LogP contribution in [-0.4, -0.2) is 73.7 Å². The van der Waals surface area contributed by atoms with Crippen molar-refractivity contribution in [2.24, 2.45) is 5.41 Å².